The van der Waals surface area contributed by atoms with Crippen LogP contribution in [0.4, 0.5) is 0 Å². The van der Waals surface area contributed by atoms with Gasteiger partial charge in [0.25, 0.3) is 0 Å². The van der Waals surface area contributed by atoms with Crippen molar-refractivity contribution in [2.24, 2.45) is 0 Å². The number of fused-ring (bicyclic) bond motifs is 1. The smallest absolute Gasteiger partial charge is 0.344 e. The molecule has 0 bridgehead atoms. The maximum absolute atomic E-state index is 11.7. The van der Waals surface area contributed by atoms with E-state index in [4.69, 9.17) is 12.3 Å². The summed E-state index contributed by atoms with van der Waals surface area (Å²) < 4.78 is 5.12. The van der Waals surface area contributed by atoms with Crippen LogP contribution in [0.3, 0.4) is 0 Å². The highest BCUT2D eigenvalue weighted by atomic mass is 16.4. The first kappa shape index (κ1) is 11.5. The second kappa shape index (κ2) is 4.13. The Morgan fingerprint density at radius 1 is 1.53 bits per heavy atom. The van der Waals surface area contributed by atoms with Crippen molar-refractivity contribution in [2.75, 3.05) is 0 Å². The molecule has 1 aliphatic rings. The van der Waals surface area contributed by atoms with Crippen molar-refractivity contribution >= 4 is 26.6 Å². The molecule has 1 aromatic heterocycles. The Balaban J connectivity index is 2.83. The number of hydrogen-bond acceptors (Lipinski definition) is 3. The lowest BCUT2D eigenvalue weighted by atomic mass is 9.95. The van der Waals surface area contributed by atoms with E-state index in [1.54, 1.807) is 0 Å². The Bertz CT molecular complexity index is 680. The molecule has 17 heavy (non-hydrogen) atoms. The molecule has 0 spiro atoms. The van der Waals surface area contributed by atoms with Crippen molar-refractivity contribution in [3.8, 4) is 0 Å². The molecule has 0 fully saturated rings. The summed E-state index contributed by atoms with van der Waals surface area (Å²) in [5, 5.41) is 10.3. The summed E-state index contributed by atoms with van der Waals surface area (Å²) in [7, 11) is 5.45. The molecule has 84 valence electrons. The van der Waals surface area contributed by atoms with Crippen molar-refractivity contribution in [2.45, 2.75) is 12.8 Å². The Labute approximate surface area is 99.5 Å². The van der Waals surface area contributed by atoms with Crippen molar-refractivity contribution in [1.29, 1.82) is 0 Å². The fourth-order valence-corrected chi connectivity index (χ4v) is 1.85. The zero-order valence-corrected chi connectivity index (χ0v) is 9.32. The number of allylic oxidation sites excluding steroid dienone is 2. The van der Waals surface area contributed by atoms with Gasteiger partial charge in [-0.2, -0.15) is 0 Å². The predicted octanol–water partition coefficient (Wildman–Crippen LogP) is 0.358. The monoisotopic (exact) mass is 226 g/mol. The topological polar surface area (TPSA) is 50.4 Å². The van der Waals surface area contributed by atoms with Gasteiger partial charge in [-0.15, -0.1) is 12.1 Å². The molecule has 3 nitrogen and oxygen atoms in total. The van der Waals surface area contributed by atoms with Crippen molar-refractivity contribution < 1.29 is 9.52 Å². The van der Waals surface area contributed by atoms with Crippen LogP contribution in [0, 0.1) is 0 Å². The molecule has 2 radical (unpaired) electrons. The normalized spacial score (nSPS) is 15.3. The summed E-state index contributed by atoms with van der Waals surface area (Å²) >= 11 is 0. The van der Waals surface area contributed by atoms with Gasteiger partial charge in [0.05, 0.1) is 11.0 Å². The standard InChI is InChI=1S/C13H11BO3/c1-7(14)5-11-8(2)10-4-3-9(15)6-12(10)17-13(11)16/h5-6,15H,1-4H2/b11-5+. The molecular formula is C13H11BO3. The first-order valence-corrected chi connectivity index (χ1v) is 5.19. The highest BCUT2D eigenvalue weighted by molar-refractivity contribution is 6.26. The van der Waals surface area contributed by atoms with E-state index in [2.05, 4.69) is 13.2 Å². The molecule has 0 aromatic carbocycles. The summed E-state index contributed by atoms with van der Waals surface area (Å²) in [6.45, 7) is 7.39. The van der Waals surface area contributed by atoms with Gasteiger partial charge in [-0.1, -0.05) is 12.7 Å². The number of aliphatic hydroxyl groups is 1. The van der Waals surface area contributed by atoms with E-state index >= 15 is 0 Å². The van der Waals surface area contributed by atoms with Gasteiger partial charge in [-0.3, -0.25) is 0 Å². The van der Waals surface area contributed by atoms with Gasteiger partial charge in [0.2, 0.25) is 0 Å². The molecule has 1 heterocycles. The van der Waals surface area contributed by atoms with Crippen LogP contribution in [-0.2, 0) is 6.42 Å². The molecule has 1 aliphatic carbocycles. The lowest BCUT2D eigenvalue weighted by Gasteiger charge is -2.11. The molecule has 2 rings (SSSR count). The summed E-state index contributed by atoms with van der Waals surface area (Å²) in [4.78, 5) is 11.7. The molecule has 0 atom stereocenters. The molecule has 0 saturated carbocycles. The van der Waals surface area contributed by atoms with Crippen LogP contribution in [0.15, 0.2) is 27.0 Å². The van der Waals surface area contributed by atoms with E-state index in [0.29, 0.717) is 29.0 Å². The molecule has 4 heteroatoms. The third kappa shape index (κ3) is 2.11. The van der Waals surface area contributed by atoms with Gasteiger partial charge in [0.1, 0.15) is 13.6 Å². The van der Waals surface area contributed by atoms with Gasteiger partial charge in [0.15, 0.2) is 0 Å². The van der Waals surface area contributed by atoms with Gasteiger partial charge < -0.3 is 9.52 Å². The van der Waals surface area contributed by atoms with Crippen LogP contribution in [0.5, 0.6) is 0 Å². The van der Waals surface area contributed by atoms with Gasteiger partial charge in [-0.05, 0) is 11.6 Å². The van der Waals surface area contributed by atoms with Crippen molar-refractivity contribution in [1.82, 2.24) is 0 Å². The Morgan fingerprint density at radius 3 is 2.88 bits per heavy atom. The third-order valence-electron chi connectivity index (χ3n) is 2.67. The lowest BCUT2D eigenvalue weighted by Crippen LogP contribution is -2.41. The average molecular weight is 226 g/mol. The van der Waals surface area contributed by atoms with Crippen molar-refractivity contribution in [3.05, 3.63) is 50.0 Å². The van der Waals surface area contributed by atoms with E-state index in [1.165, 1.54) is 12.2 Å². The van der Waals surface area contributed by atoms with Crippen LogP contribution in [0.2, 0.25) is 0 Å². The minimum absolute atomic E-state index is 0.208. The van der Waals surface area contributed by atoms with Gasteiger partial charge in [-0.25, -0.2) is 4.79 Å². The summed E-state index contributed by atoms with van der Waals surface area (Å²) in [5.41, 5.74) is 0.581. The zero-order valence-electron chi connectivity index (χ0n) is 9.32. The first-order chi connectivity index (χ1) is 7.99. The van der Waals surface area contributed by atoms with E-state index in [1.807, 2.05) is 0 Å². The quantitative estimate of drug-likeness (QED) is 0.703. The second-order valence-electron chi connectivity index (χ2n) is 3.98. The van der Waals surface area contributed by atoms with Gasteiger partial charge in [0, 0.05) is 18.1 Å². The fraction of sp³-hybridized carbons (Fsp3) is 0.154. The first-order valence-electron chi connectivity index (χ1n) is 5.19. The number of hydrogen-bond donors (Lipinski definition) is 1. The maximum Gasteiger partial charge on any atom is 0.344 e. The van der Waals surface area contributed by atoms with Crippen LogP contribution >= 0.6 is 0 Å². The van der Waals surface area contributed by atoms with E-state index in [9.17, 15) is 9.90 Å². The Morgan fingerprint density at radius 2 is 2.24 bits per heavy atom. The fourth-order valence-electron chi connectivity index (χ4n) is 1.85. The third-order valence-corrected chi connectivity index (χ3v) is 2.67. The highest BCUT2D eigenvalue weighted by Gasteiger charge is 2.14. The average Bonchev–Trinajstić information content (AvgIpc) is 2.23. The van der Waals surface area contributed by atoms with E-state index in [0.717, 1.165) is 5.56 Å². The van der Waals surface area contributed by atoms with Crippen LogP contribution in [-0.4, -0.2) is 13.0 Å². The summed E-state index contributed by atoms with van der Waals surface area (Å²) in [5.74, 6) is 0.587. The van der Waals surface area contributed by atoms with Crippen LogP contribution in [0.25, 0.3) is 18.7 Å². The van der Waals surface area contributed by atoms with Crippen LogP contribution < -0.4 is 16.1 Å². The molecule has 0 amide bonds. The van der Waals surface area contributed by atoms with E-state index in [-0.39, 0.29) is 11.2 Å². The summed E-state index contributed by atoms with van der Waals surface area (Å²) in [6.07, 6.45) is 4.02. The predicted molar refractivity (Wildman–Crippen MR) is 68.0 cm³/mol. The minimum atomic E-state index is -0.522. The van der Waals surface area contributed by atoms with Gasteiger partial charge >= 0.3 is 5.63 Å². The molecule has 0 unspecified atom stereocenters. The molecule has 0 saturated heterocycles. The molecule has 1 N–H and O–H groups in total. The number of aliphatic hydroxyl groups excluding tert-OH is 1. The summed E-state index contributed by atoms with van der Waals surface area (Å²) in [6, 6.07) is 0. The van der Waals surface area contributed by atoms with Crippen LogP contribution in [0.1, 0.15) is 17.7 Å². The lowest BCUT2D eigenvalue weighted by molar-refractivity contribution is 0.382. The highest BCUT2D eigenvalue weighted by Crippen LogP contribution is 2.17. The largest absolute Gasteiger partial charge is 0.512 e. The minimum Gasteiger partial charge on any atom is -0.512 e. The zero-order chi connectivity index (χ0) is 12.6. The van der Waals surface area contributed by atoms with Crippen molar-refractivity contribution in [3.63, 3.8) is 0 Å². The molecule has 1 aromatic rings. The Hall–Kier alpha value is -1.97. The second-order valence-corrected chi connectivity index (χ2v) is 3.98. The van der Waals surface area contributed by atoms with E-state index < -0.39 is 5.63 Å². The SMILES string of the molecule is [B]C(=C)/C=c1/c(=O)oc2c(c1=C)CCC(O)=C2. The number of rotatable bonds is 1. The maximum atomic E-state index is 11.7. The molecular weight excluding hydrogens is 215 g/mol. The Kier molecular flexibility index (Phi) is 2.80. The molecule has 0 aliphatic heterocycles.